The van der Waals surface area contributed by atoms with E-state index in [0.717, 1.165) is 10.5 Å². The van der Waals surface area contributed by atoms with Gasteiger partial charge < -0.3 is 10.4 Å². The molecule has 1 aromatic heterocycles. The first-order valence-electron chi connectivity index (χ1n) is 6.36. The molecule has 0 spiro atoms. The first-order valence-corrected chi connectivity index (χ1v) is 7.17. The van der Waals surface area contributed by atoms with E-state index in [0.29, 0.717) is 0 Å². The van der Waals surface area contributed by atoms with Crippen LogP contribution in [0.1, 0.15) is 0 Å². The average molecular weight is 281 g/mol. The lowest BCUT2D eigenvalue weighted by atomic mass is 10.1. The second-order valence-corrected chi connectivity index (χ2v) is 5.46. The van der Waals surface area contributed by atoms with Gasteiger partial charge in [-0.25, -0.2) is 0 Å². The van der Waals surface area contributed by atoms with Gasteiger partial charge in [0.25, 0.3) is 0 Å². The van der Waals surface area contributed by atoms with Crippen LogP contribution < -0.4 is 10.6 Å². The standard InChI is InChI=1S/C16H15N3S/c1-19-14(12-8-4-2-5-9-12)15(20-16(19)18-17)13-10-6-3-7-11-13/h2-11H,17H2,1H3/b18-16-. The van der Waals surface area contributed by atoms with Crippen LogP contribution >= 0.6 is 11.3 Å². The average Bonchev–Trinajstić information content (AvgIpc) is 2.86. The van der Waals surface area contributed by atoms with E-state index in [1.54, 1.807) is 11.3 Å². The van der Waals surface area contributed by atoms with Crippen LogP contribution in [-0.4, -0.2) is 4.57 Å². The molecule has 0 aliphatic heterocycles. The molecular weight excluding hydrogens is 266 g/mol. The summed E-state index contributed by atoms with van der Waals surface area (Å²) < 4.78 is 2.04. The zero-order valence-corrected chi connectivity index (χ0v) is 12.0. The van der Waals surface area contributed by atoms with Gasteiger partial charge >= 0.3 is 0 Å². The molecule has 0 saturated heterocycles. The van der Waals surface area contributed by atoms with Crippen LogP contribution in [0, 0.1) is 0 Å². The lowest BCUT2D eigenvalue weighted by molar-refractivity contribution is 0.863. The van der Waals surface area contributed by atoms with Gasteiger partial charge in [0.1, 0.15) is 0 Å². The van der Waals surface area contributed by atoms with E-state index in [1.807, 2.05) is 48.0 Å². The summed E-state index contributed by atoms with van der Waals surface area (Å²) in [4.78, 5) is 1.99. The predicted molar refractivity (Wildman–Crippen MR) is 83.9 cm³/mol. The summed E-state index contributed by atoms with van der Waals surface area (Å²) in [5.41, 5.74) is 3.49. The van der Waals surface area contributed by atoms with E-state index < -0.39 is 0 Å². The zero-order valence-electron chi connectivity index (χ0n) is 11.2. The van der Waals surface area contributed by atoms with Gasteiger partial charge in [-0.3, -0.25) is 0 Å². The Morgan fingerprint density at radius 2 is 1.45 bits per heavy atom. The van der Waals surface area contributed by atoms with Crippen molar-refractivity contribution in [1.29, 1.82) is 0 Å². The number of nitrogens with two attached hydrogens (primary N) is 1. The lowest BCUT2D eigenvalue weighted by Crippen LogP contribution is -2.13. The van der Waals surface area contributed by atoms with Crippen LogP contribution in [0.25, 0.3) is 21.7 Å². The molecule has 2 aromatic carbocycles. The van der Waals surface area contributed by atoms with Gasteiger partial charge in [-0.1, -0.05) is 72.0 Å². The summed E-state index contributed by atoms with van der Waals surface area (Å²) in [7, 11) is 2.00. The van der Waals surface area contributed by atoms with E-state index >= 15 is 0 Å². The first-order chi connectivity index (χ1) is 9.81. The van der Waals surface area contributed by atoms with Crippen LogP contribution in [0.2, 0.25) is 0 Å². The Morgan fingerprint density at radius 3 is 2.00 bits per heavy atom. The third kappa shape index (κ3) is 2.14. The number of nitrogens with zero attached hydrogens (tertiary/aromatic N) is 2. The van der Waals surface area contributed by atoms with E-state index in [1.165, 1.54) is 16.0 Å². The van der Waals surface area contributed by atoms with Crippen molar-refractivity contribution in [3.8, 4) is 21.7 Å². The fourth-order valence-corrected chi connectivity index (χ4v) is 3.34. The minimum atomic E-state index is 0.808. The minimum Gasteiger partial charge on any atom is -0.320 e. The van der Waals surface area contributed by atoms with E-state index in [-0.39, 0.29) is 0 Å². The highest BCUT2D eigenvalue weighted by Crippen LogP contribution is 2.33. The fraction of sp³-hybridized carbons (Fsp3) is 0.0625. The third-order valence-corrected chi connectivity index (χ3v) is 4.42. The van der Waals surface area contributed by atoms with Crippen molar-refractivity contribution in [2.45, 2.75) is 0 Å². The molecular formula is C16H15N3S. The van der Waals surface area contributed by atoms with Crippen molar-refractivity contribution in [2.75, 3.05) is 0 Å². The van der Waals surface area contributed by atoms with Gasteiger partial charge in [0.05, 0.1) is 10.6 Å². The molecule has 0 saturated carbocycles. The second kappa shape index (κ2) is 5.35. The summed E-state index contributed by atoms with van der Waals surface area (Å²) in [6, 6.07) is 20.6. The number of benzene rings is 2. The van der Waals surface area contributed by atoms with E-state index in [9.17, 15) is 0 Å². The number of hydrogen-bond donors (Lipinski definition) is 1. The van der Waals surface area contributed by atoms with Crippen molar-refractivity contribution >= 4 is 11.3 Å². The molecule has 0 unspecified atom stereocenters. The molecule has 0 amide bonds. The molecule has 4 heteroatoms. The molecule has 0 bridgehead atoms. The number of thiazole rings is 1. The maximum absolute atomic E-state index is 5.50. The van der Waals surface area contributed by atoms with Crippen LogP contribution in [0.15, 0.2) is 65.8 Å². The van der Waals surface area contributed by atoms with Gasteiger partial charge in [-0.2, -0.15) is 5.10 Å². The molecule has 1 heterocycles. The summed E-state index contributed by atoms with van der Waals surface area (Å²) >= 11 is 1.61. The summed E-state index contributed by atoms with van der Waals surface area (Å²) in [6.45, 7) is 0. The van der Waals surface area contributed by atoms with Crippen molar-refractivity contribution in [3.63, 3.8) is 0 Å². The van der Waals surface area contributed by atoms with E-state index in [4.69, 9.17) is 5.84 Å². The largest absolute Gasteiger partial charge is 0.320 e. The Bertz CT molecular complexity index is 770. The molecule has 2 N–H and O–H groups in total. The smallest absolute Gasteiger partial charge is 0.208 e. The molecule has 20 heavy (non-hydrogen) atoms. The maximum Gasteiger partial charge on any atom is 0.208 e. The molecule has 0 atom stereocenters. The van der Waals surface area contributed by atoms with Gasteiger partial charge in [-0.15, -0.1) is 0 Å². The highest BCUT2D eigenvalue weighted by molar-refractivity contribution is 7.13. The van der Waals surface area contributed by atoms with Crippen molar-refractivity contribution in [2.24, 2.45) is 18.0 Å². The monoisotopic (exact) mass is 281 g/mol. The maximum atomic E-state index is 5.50. The molecule has 0 aliphatic carbocycles. The van der Waals surface area contributed by atoms with Crippen molar-refractivity contribution in [1.82, 2.24) is 4.57 Å². The van der Waals surface area contributed by atoms with Crippen LogP contribution in [0.3, 0.4) is 0 Å². The Morgan fingerprint density at radius 1 is 0.900 bits per heavy atom. The molecule has 0 aliphatic rings. The minimum absolute atomic E-state index is 0.808. The fourth-order valence-electron chi connectivity index (χ4n) is 2.27. The summed E-state index contributed by atoms with van der Waals surface area (Å²) in [5.74, 6) is 5.50. The van der Waals surface area contributed by atoms with Crippen LogP contribution in [0.4, 0.5) is 0 Å². The summed E-state index contributed by atoms with van der Waals surface area (Å²) in [6.07, 6.45) is 0. The lowest BCUT2D eigenvalue weighted by Gasteiger charge is -2.07. The summed E-state index contributed by atoms with van der Waals surface area (Å²) in [5, 5.41) is 3.88. The number of aromatic nitrogens is 1. The molecule has 100 valence electrons. The molecule has 3 rings (SSSR count). The van der Waals surface area contributed by atoms with Crippen LogP contribution in [-0.2, 0) is 7.05 Å². The van der Waals surface area contributed by atoms with E-state index in [2.05, 4.69) is 29.4 Å². The first kappa shape index (κ1) is 12.7. The van der Waals surface area contributed by atoms with Gasteiger partial charge in [0, 0.05) is 7.05 Å². The molecule has 0 radical (unpaired) electrons. The topological polar surface area (TPSA) is 43.3 Å². The Balaban J connectivity index is 2.31. The predicted octanol–water partition coefficient (Wildman–Crippen LogP) is 3.20. The van der Waals surface area contributed by atoms with Gasteiger partial charge in [0.15, 0.2) is 0 Å². The van der Waals surface area contributed by atoms with Crippen LogP contribution in [0.5, 0.6) is 0 Å². The van der Waals surface area contributed by atoms with Gasteiger partial charge in [0.2, 0.25) is 4.80 Å². The Labute approximate surface area is 121 Å². The quantitative estimate of drug-likeness (QED) is 0.569. The SMILES string of the molecule is Cn1c(-c2ccccc2)c(-c2ccccc2)s/c1=N\N. The van der Waals surface area contributed by atoms with Crippen molar-refractivity contribution < 1.29 is 0 Å². The number of rotatable bonds is 2. The number of hydrogen-bond acceptors (Lipinski definition) is 3. The Kier molecular flexibility index (Phi) is 3.39. The highest BCUT2D eigenvalue weighted by Gasteiger charge is 2.14. The highest BCUT2D eigenvalue weighted by atomic mass is 32.1. The third-order valence-electron chi connectivity index (χ3n) is 3.22. The Hall–Kier alpha value is -2.33. The molecule has 3 nitrogen and oxygen atoms in total. The normalized spacial score (nSPS) is 11.8. The zero-order chi connectivity index (χ0) is 13.9. The molecule has 3 aromatic rings. The molecule has 0 fully saturated rings. The second-order valence-electron chi connectivity index (χ2n) is 4.48. The van der Waals surface area contributed by atoms with Gasteiger partial charge in [-0.05, 0) is 11.1 Å². The van der Waals surface area contributed by atoms with Crippen molar-refractivity contribution in [3.05, 3.63) is 65.5 Å².